The van der Waals surface area contributed by atoms with Gasteiger partial charge in [-0.05, 0) is 18.2 Å². The van der Waals surface area contributed by atoms with Gasteiger partial charge in [-0.3, -0.25) is 4.90 Å². The summed E-state index contributed by atoms with van der Waals surface area (Å²) in [7, 11) is 0. The molecule has 1 heterocycles. The Bertz CT molecular complexity index is 492. The average Bonchev–Trinajstić information content (AvgIpc) is 2.40. The highest BCUT2D eigenvalue weighted by atomic mass is 19.1. The van der Waals surface area contributed by atoms with E-state index in [1.165, 1.54) is 12.1 Å². The van der Waals surface area contributed by atoms with Gasteiger partial charge >= 0.3 is 6.03 Å². The molecule has 1 saturated heterocycles. The van der Waals surface area contributed by atoms with Gasteiger partial charge < -0.3 is 10.2 Å². The lowest BCUT2D eigenvalue weighted by molar-refractivity contribution is 0.156. The number of nitriles is 1. The van der Waals surface area contributed by atoms with Gasteiger partial charge in [0.05, 0.1) is 12.6 Å². The molecule has 0 radical (unpaired) electrons. The third-order valence-corrected chi connectivity index (χ3v) is 3.03. The van der Waals surface area contributed by atoms with Crippen molar-refractivity contribution < 1.29 is 9.18 Å². The van der Waals surface area contributed by atoms with E-state index in [-0.39, 0.29) is 11.8 Å². The summed E-state index contributed by atoms with van der Waals surface area (Å²) in [6.07, 6.45) is 0. The first kappa shape index (κ1) is 13.3. The van der Waals surface area contributed by atoms with Crippen molar-refractivity contribution in [3.05, 3.63) is 30.1 Å². The Hall–Kier alpha value is -2.13. The van der Waals surface area contributed by atoms with E-state index in [1.54, 1.807) is 17.0 Å². The number of nitrogens with zero attached hydrogens (tertiary/aromatic N) is 3. The van der Waals surface area contributed by atoms with Crippen LogP contribution in [0, 0.1) is 17.1 Å². The molecule has 100 valence electrons. The molecule has 1 aliphatic rings. The minimum Gasteiger partial charge on any atom is -0.322 e. The highest BCUT2D eigenvalue weighted by Crippen LogP contribution is 2.11. The number of piperazine rings is 1. The first-order valence-electron chi connectivity index (χ1n) is 6.10. The van der Waals surface area contributed by atoms with Crippen molar-refractivity contribution >= 4 is 11.7 Å². The van der Waals surface area contributed by atoms with E-state index >= 15 is 0 Å². The van der Waals surface area contributed by atoms with Crippen LogP contribution in [0.1, 0.15) is 0 Å². The molecule has 0 spiro atoms. The molecule has 1 fully saturated rings. The summed E-state index contributed by atoms with van der Waals surface area (Å²) < 4.78 is 13.0. The van der Waals surface area contributed by atoms with Crippen molar-refractivity contribution in [3.63, 3.8) is 0 Å². The Balaban J connectivity index is 1.86. The molecule has 1 aromatic rings. The average molecular weight is 262 g/mol. The van der Waals surface area contributed by atoms with Crippen LogP contribution in [0.3, 0.4) is 0 Å². The van der Waals surface area contributed by atoms with E-state index in [9.17, 15) is 9.18 Å². The van der Waals surface area contributed by atoms with Gasteiger partial charge in [0, 0.05) is 31.9 Å². The third kappa shape index (κ3) is 3.66. The molecule has 19 heavy (non-hydrogen) atoms. The molecule has 0 aromatic heterocycles. The van der Waals surface area contributed by atoms with Crippen LogP contribution in [0.4, 0.5) is 14.9 Å². The maximum absolute atomic E-state index is 13.0. The summed E-state index contributed by atoms with van der Waals surface area (Å²) in [6, 6.07) is 7.67. The van der Waals surface area contributed by atoms with E-state index in [1.807, 2.05) is 4.90 Å². The maximum atomic E-state index is 13.0. The molecular weight excluding hydrogens is 247 g/mol. The fraction of sp³-hybridized carbons (Fsp3) is 0.385. The Morgan fingerprint density at radius 3 is 2.74 bits per heavy atom. The van der Waals surface area contributed by atoms with Gasteiger partial charge in [-0.15, -0.1) is 0 Å². The summed E-state index contributed by atoms with van der Waals surface area (Å²) in [5, 5.41) is 11.3. The molecule has 2 rings (SSSR count). The predicted octanol–water partition coefficient (Wildman–Crippen LogP) is 1.50. The molecular formula is C13H15FN4O. The molecule has 0 unspecified atom stereocenters. The lowest BCUT2D eigenvalue weighted by Crippen LogP contribution is -2.50. The highest BCUT2D eigenvalue weighted by Gasteiger charge is 2.20. The van der Waals surface area contributed by atoms with Crippen LogP contribution in [0.25, 0.3) is 0 Å². The van der Waals surface area contributed by atoms with Gasteiger partial charge in [-0.2, -0.15) is 5.26 Å². The maximum Gasteiger partial charge on any atom is 0.321 e. The largest absolute Gasteiger partial charge is 0.322 e. The zero-order valence-electron chi connectivity index (χ0n) is 10.5. The van der Waals surface area contributed by atoms with E-state index < -0.39 is 0 Å². The van der Waals surface area contributed by atoms with Crippen LogP contribution >= 0.6 is 0 Å². The number of halogens is 1. The minimum atomic E-state index is -0.378. The lowest BCUT2D eigenvalue weighted by atomic mass is 10.3. The number of amides is 2. The van der Waals surface area contributed by atoms with Crippen LogP contribution in [-0.4, -0.2) is 48.6 Å². The number of anilines is 1. The summed E-state index contributed by atoms with van der Waals surface area (Å²) >= 11 is 0. The van der Waals surface area contributed by atoms with Crippen LogP contribution < -0.4 is 5.32 Å². The van der Waals surface area contributed by atoms with E-state index in [4.69, 9.17) is 5.26 Å². The standard InChI is InChI=1S/C13H15FN4O/c14-11-2-1-3-12(10-11)16-13(19)18-8-6-17(5-4-15)7-9-18/h1-3,10H,5-9H2,(H,16,19). The summed E-state index contributed by atoms with van der Waals surface area (Å²) in [6.45, 7) is 2.90. The second-order valence-corrected chi connectivity index (χ2v) is 4.36. The number of hydrogen-bond acceptors (Lipinski definition) is 3. The van der Waals surface area contributed by atoms with Crippen LogP contribution in [-0.2, 0) is 0 Å². The highest BCUT2D eigenvalue weighted by molar-refractivity contribution is 5.89. The Morgan fingerprint density at radius 2 is 2.11 bits per heavy atom. The fourth-order valence-corrected chi connectivity index (χ4v) is 1.98. The zero-order valence-corrected chi connectivity index (χ0v) is 10.5. The van der Waals surface area contributed by atoms with Crippen molar-refractivity contribution in [1.82, 2.24) is 9.80 Å². The summed E-state index contributed by atoms with van der Waals surface area (Å²) in [4.78, 5) is 15.6. The summed E-state index contributed by atoms with van der Waals surface area (Å²) in [5.41, 5.74) is 0.449. The molecule has 0 atom stereocenters. The second-order valence-electron chi connectivity index (χ2n) is 4.36. The molecule has 1 aromatic carbocycles. The van der Waals surface area contributed by atoms with Gasteiger partial charge in [0.25, 0.3) is 0 Å². The zero-order chi connectivity index (χ0) is 13.7. The third-order valence-electron chi connectivity index (χ3n) is 3.03. The van der Waals surface area contributed by atoms with E-state index in [2.05, 4.69) is 11.4 Å². The van der Waals surface area contributed by atoms with Gasteiger partial charge in [-0.25, -0.2) is 9.18 Å². The molecule has 2 amide bonds. The predicted molar refractivity (Wildman–Crippen MR) is 69.0 cm³/mol. The van der Waals surface area contributed by atoms with Gasteiger partial charge in [0.15, 0.2) is 0 Å². The summed E-state index contributed by atoms with van der Waals surface area (Å²) in [5.74, 6) is -0.378. The minimum absolute atomic E-state index is 0.234. The van der Waals surface area contributed by atoms with Crippen molar-refractivity contribution in [3.8, 4) is 6.07 Å². The Kier molecular flexibility index (Phi) is 4.31. The fourth-order valence-electron chi connectivity index (χ4n) is 1.98. The van der Waals surface area contributed by atoms with E-state index in [0.29, 0.717) is 38.4 Å². The second kappa shape index (κ2) is 6.16. The number of benzene rings is 1. The SMILES string of the molecule is N#CCN1CCN(C(=O)Nc2cccc(F)c2)CC1. The lowest BCUT2D eigenvalue weighted by Gasteiger charge is -2.33. The van der Waals surface area contributed by atoms with Gasteiger partial charge in [-0.1, -0.05) is 6.07 Å². The Labute approximate surface area is 111 Å². The quantitative estimate of drug-likeness (QED) is 0.822. The topological polar surface area (TPSA) is 59.4 Å². The van der Waals surface area contributed by atoms with Crippen molar-refractivity contribution in [2.75, 3.05) is 38.0 Å². The normalized spacial score (nSPS) is 15.9. The number of hydrogen-bond donors (Lipinski definition) is 1. The number of carbonyl (C=O) groups is 1. The van der Waals surface area contributed by atoms with Crippen LogP contribution in [0.5, 0.6) is 0 Å². The van der Waals surface area contributed by atoms with Gasteiger partial charge in [0.1, 0.15) is 5.82 Å². The molecule has 0 bridgehead atoms. The smallest absolute Gasteiger partial charge is 0.321 e. The van der Waals surface area contributed by atoms with Crippen molar-refractivity contribution in [1.29, 1.82) is 5.26 Å². The first-order chi connectivity index (χ1) is 9.19. The number of urea groups is 1. The Morgan fingerprint density at radius 1 is 1.37 bits per heavy atom. The molecule has 0 aliphatic carbocycles. The molecule has 5 nitrogen and oxygen atoms in total. The number of nitrogens with one attached hydrogen (secondary N) is 1. The monoisotopic (exact) mass is 262 g/mol. The van der Waals surface area contributed by atoms with Crippen LogP contribution in [0.2, 0.25) is 0 Å². The molecule has 0 saturated carbocycles. The van der Waals surface area contributed by atoms with Crippen molar-refractivity contribution in [2.24, 2.45) is 0 Å². The number of rotatable bonds is 2. The number of carbonyl (C=O) groups excluding carboxylic acids is 1. The van der Waals surface area contributed by atoms with E-state index in [0.717, 1.165) is 0 Å². The molecule has 6 heteroatoms. The molecule has 1 aliphatic heterocycles. The van der Waals surface area contributed by atoms with Crippen molar-refractivity contribution in [2.45, 2.75) is 0 Å². The van der Waals surface area contributed by atoms with Gasteiger partial charge in [0.2, 0.25) is 0 Å². The molecule has 1 N–H and O–H groups in total. The van der Waals surface area contributed by atoms with Crippen LogP contribution in [0.15, 0.2) is 24.3 Å². The first-order valence-corrected chi connectivity index (χ1v) is 6.10.